The van der Waals surface area contributed by atoms with Crippen molar-refractivity contribution in [3.63, 3.8) is 0 Å². The fraction of sp³-hybridized carbons (Fsp3) is 0.935. The van der Waals surface area contributed by atoms with Crippen LogP contribution in [0.2, 0.25) is 0 Å². The molecule has 2 bridgehead atoms. The van der Waals surface area contributed by atoms with Crippen LogP contribution in [0.3, 0.4) is 0 Å². The number of aliphatic carboxylic acids is 1. The molecule has 2 fully saturated rings. The van der Waals surface area contributed by atoms with E-state index in [4.69, 9.17) is 9.47 Å². The first kappa shape index (κ1) is 46.6. The Morgan fingerprint density at radius 1 is 0.577 bits per heavy atom. The van der Waals surface area contributed by atoms with Crippen LogP contribution in [0.5, 0.6) is 0 Å². The summed E-state index contributed by atoms with van der Waals surface area (Å²) >= 11 is 0. The minimum Gasteiger partial charge on any atom is -0.481 e. The molecule has 2 rings (SSSR count). The van der Waals surface area contributed by atoms with Crippen molar-refractivity contribution in [2.75, 3.05) is 6.61 Å². The van der Waals surface area contributed by atoms with E-state index in [1.54, 1.807) is 0 Å². The maximum Gasteiger partial charge on any atom is 0.306 e. The van der Waals surface area contributed by atoms with Crippen LogP contribution in [0, 0.1) is 22.2 Å². The fourth-order valence-electron chi connectivity index (χ4n) is 10.4. The molecule has 4 unspecified atom stereocenters. The molecule has 0 aromatic heterocycles. The lowest BCUT2D eigenvalue weighted by molar-refractivity contribution is -0.152. The van der Waals surface area contributed by atoms with Crippen LogP contribution in [0.15, 0.2) is 0 Å². The zero-order chi connectivity index (χ0) is 38.1. The number of carbonyl (C=O) groups is 3. The standard InChI is InChI=1S/C46H84O6/c1-6-9-12-15-18-21-24-33-51-42(49)28-31-45(5)35-39-34-44(4,30-27-41(47)48)37-46(36-39,38-45)32-29-43(50)52-40(25-22-19-16-13-10-7-2)26-23-20-17-14-11-8-3/h39-40H,6-38H2,1-5H3,(H,47,48). The minimum absolute atomic E-state index is 0.0112. The summed E-state index contributed by atoms with van der Waals surface area (Å²) in [6, 6.07) is 0. The lowest BCUT2D eigenvalue weighted by atomic mass is 9.47. The summed E-state index contributed by atoms with van der Waals surface area (Å²) in [5.41, 5.74) is -0.0602. The molecule has 0 radical (unpaired) electrons. The molecule has 0 spiro atoms. The van der Waals surface area contributed by atoms with E-state index >= 15 is 0 Å². The largest absolute Gasteiger partial charge is 0.481 e. The van der Waals surface area contributed by atoms with Crippen LogP contribution in [0.4, 0.5) is 0 Å². The Balaban J connectivity index is 2.00. The van der Waals surface area contributed by atoms with Crippen molar-refractivity contribution in [3.8, 4) is 0 Å². The Morgan fingerprint density at radius 2 is 1.02 bits per heavy atom. The lowest BCUT2D eigenvalue weighted by Gasteiger charge is -2.58. The van der Waals surface area contributed by atoms with Crippen LogP contribution >= 0.6 is 0 Å². The zero-order valence-corrected chi connectivity index (χ0v) is 35.0. The van der Waals surface area contributed by atoms with Crippen molar-refractivity contribution in [3.05, 3.63) is 0 Å². The van der Waals surface area contributed by atoms with Gasteiger partial charge in [0.2, 0.25) is 0 Å². The molecule has 0 aromatic rings. The Labute approximate surface area is 321 Å². The molecule has 0 saturated heterocycles. The van der Waals surface area contributed by atoms with Crippen LogP contribution in [-0.2, 0) is 23.9 Å². The molecule has 2 aliphatic carbocycles. The number of carboxylic acid groups (broad SMARTS) is 1. The molecule has 0 aliphatic heterocycles. The first-order chi connectivity index (χ1) is 25.0. The Morgan fingerprint density at radius 3 is 1.52 bits per heavy atom. The van der Waals surface area contributed by atoms with Gasteiger partial charge < -0.3 is 14.6 Å². The highest BCUT2D eigenvalue weighted by Crippen LogP contribution is 2.64. The summed E-state index contributed by atoms with van der Waals surface area (Å²) in [5.74, 6) is -0.365. The van der Waals surface area contributed by atoms with E-state index in [2.05, 4.69) is 34.6 Å². The van der Waals surface area contributed by atoms with Gasteiger partial charge in [-0.3, -0.25) is 14.4 Å². The summed E-state index contributed by atoms with van der Waals surface area (Å²) in [5, 5.41) is 9.55. The van der Waals surface area contributed by atoms with Crippen molar-refractivity contribution >= 4 is 17.9 Å². The molecule has 52 heavy (non-hydrogen) atoms. The Bertz CT molecular complexity index is 964. The van der Waals surface area contributed by atoms with Crippen LogP contribution in [0.1, 0.15) is 240 Å². The normalized spacial score (nSPS) is 24.2. The smallest absolute Gasteiger partial charge is 0.306 e. The molecule has 0 heterocycles. The highest BCUT2D eigenvalue weighted by Gasteiger charge is 2.53. The molecule has 6 nitrogen and oxygen atoms in total. The topological polar surface area (TPSA) is 89.9 Å². The van der Waals surface area contributed by atoms with Gasteiger partial charge in [0.1, 0.15) is 6.10 Å². The molecule has 1 N–H and O–H groups in total. The van der Waals surface area contributed by atoms with Gasteiger partial charge in [-0.05, 0) is 106 Å². The SMILES string of the molecule is CCCCCCCCCOC(=O)CCC1(C)CC2CC(C)(CCC(=O)O)CC(CCC(=O)OC(CCCCCCCC)CCCCCCCC)(C2)C1. The van der Waals surface area contributed by atoms with Crippen LogP contribution in [-0.4, -0.2) is 35.7 Å². The molecule has 4 atom stereocenters. The first-order valence-electron chi connectivity index (χ1n) is 22.5. The number of esters is 2. The molecule has 0 aromatic carbocycles. The van der Waals surface area contributed by atoms with Gasteiger partial charge in [0.15, 0.2) is 0 Å². The third kappa shape index (κ3) is 20.2. The van der Waals surface area contributed by atoms with Crippen molar-refractivity contribution < 1.29 is 29.0 Å². The number of fused-ring (bicyclic) bond motifs is 2. The van der Waals surface area contributed by atoms with Gasteiger partial charge in [-0.15, -0.1) is 0 Å². The number of carbonyl (C=O) groups excluding carboxylic acids is 2. The summed E-state index contributed by atoms with van der Waals surface area (Å²) in [7, 11) is 0. The van der Waals surface area contributed by atoms with Crippen molar-refractivity contribution in [2.45, 2.75) is 246 Å². The lowest BCUT2D eigenvalue weighted by Crippen LogP contribution is -2.48. The van der Waals surface area contributed by atoms with Crippen molar-refractivity contribution in [1.29, 1.82) is 0 Å². The van der Waals surface area contributed by atoms with Crippen LogP contribution in [0.25, 0.3) is 0 Å². The van der Waals surface area contributed by atoms with Gasteiger partial charge in [0.25, 0.3) is 0 Å². The van der Waals surface area contributed by atoms with E-state index in [9.17, 15) is 19.5 Å². The maximum absolute atomic E-state index is 13.6. The number of carboxylic acids is 1. The van der Waals surface area contributed by atoms with E-state index in [1.165, 1.54) is 96.3 Å². The van der Waals surface area contributed by atoms with Gasteiger partial charge in [0, 0.05) is 19.3 Å². The predicted octanol–water partition coefficient (Wildman–Crippen LogP) is 13.7. The third-order valence-electron chi connectivity index (χ3n) is 12.7. The summed E-state index contributed by atoms with van der Waals surface area (Å²) in [4.78, 5) is 38.1. The quantitative estimate of drug-likeness (QED) is 0.0547. The second-order valence-corrected chi connectivity index (χ2v) is 18.4. The molecule has 304 valence electrons. The third-order valence-corrected chi connectivity index (χ3v) is 12.7. The monoisotopic (exact) mass is 733 g/mol. The van der Waals surface area contributed by atoms with Gasteiger partial charge in [-0.1, -0.05) is 137 Å². The molecule has 0 amide bonds. The summed E-state index contributed by atoms with van der Waals surface area (Å²) in [6.07, 6.45) is 33.8. The molecular weight excluding hydrogens is 648 g/mol. The molecule has 2 saturated carbocycles. The Hall–Kier alpha value is -1.59. The fourth-order valence-corrected chi connectivity index (χ4v) is 10.4. The average Bonchev–Trinajstić information content (AvgIpc) is 3.09. The first-order valence-corrected chi connectivity index (χ1v) is 22.5. The zero-order valence-electron chi connectivity index (χ0n) is 35.0. The number of rotatable bonds is 32. The highest BCUT2D eigenvalue weighted by atomic mass is 16.5. The van der Waals surface area contributed by atoms with Crippen LogP contribution < -0.4 is 0 Å². The average molecular weight is 733 g/mol. The second-order valence-electron chi connectivity index (χ2n) is 18.4. The maximum atomic E-state index is 13.6. The van der Waals surface area contributed by atoms with E-state index in [0.29, 0.717) is 31.8 Å². The highest BCUT2D eigenvalue weighted by molar-refractivity contribution is 5.70. The van der Waals surface area contributed by atoms with Gasteiger partial charge in [-0.2, -0.15) is 0 Å². The number of hydrogen-bond acceptors (Lipinski definition) is 5. The van der Waals surface area contributed by atoms with E-state index < -0.39 is 5.97 Å². The van der Waals surface area contributed by atoms with Gasteiger partial charge in [0.05, 0.1) is 6.61 Å². The predicted molar refractivity (Wildman–Crippen MR) is 215 cm³/mol. The van der Waals surface area contributed by atoms with E-state index in [0.717, 1.165) is 83.5 Å². The van der Waals surface area contributed by atoms with E-state index in [1.807, 2.05) is 0 Å². The summed E-state index contributed by atoms with van der Waals surface area (Å²) in [6.45, 7) is 11.9. The summed E-state index contributed by atoms with van der Waals surface area (Å²) < 4.78 is 12.0. The number of hydrogen-bond donors (Lipinski definition) is 1. The van der Waals surface area contributed by atoms with Gasteiger partial charge >= 0.3 is 17.9 Å². The van der Waals surface area contributed by atoms with Crippen molar-refractivity contribution in [2.24, 2.45) is 22.2 Å². The second kappa shape index (κ2) is 26.3. The number of unbranched alkanes of at least 4 members (excludes halogenated alkanes) is 16. The minimum atomic E-state index is -0.726. The molecule has 2 aliphatic rings. The Kier molecular flexibility index (Phi) is 23.5. The molecular formula is C46H84O6. The number of ether oxygens (including phenoxy) is 2. The molecule has 6 heteroatoms. The van der Waals surface area contributed by atoms with Gasteiger partial charge in [-0.25, -0.2) is 0 Å². The van der Waals surface area contributed by atoms with Crippen molar-refractivity contribution in [1.82, 2.24) is 0 Å². The van der Waals surface area contributed by atoms with E-state index in [-0.39, 0.29) is 40.7 Å².